The third-order valence-corrected chi connectivity index (χ3v) is 3.68. The molecule has 104 valence electrons. The van der Waals surface area contributed by atoms with Gasteiger partial charge in [-0.15, -0.1) is 0 Å². The minimum Gasteiger partial charge on any atom is -0.466 e. The Hall–Kier alpha value is -0.650. The molecule has 2 aliphatic heterocycles. The van der Waals surface area contributed by atoms with Crippen molar-refractivity contribution in [1.29, 1.82) is 0 Å². The summed E-state index contributed by atoms with van der Waals surface area (Å²) in [6.45, 7) is 4.54. The molecule has 2 heterocycles. The van der Waals surface area contributed by atoms with E-state index in [9.17, 15) is 9.90 Å². The lowest BCUT2D eigenvalue weighted by Crippen LogP contribution is -2.56. The first kappa shape index (κ1) is 13.8. The fourth-order valence-corrected chi connectivity index (χ4v) is 2.69. The first-order chi connectivity index (χ1) is 8.53. The van der Waals surface area contributed by atoms with Crippen LogP contribution in [0.25, 0.3) is 0 Å². The smallest absolute Gasteiger partial charge is 0.308 e. The molecule has 0 spiro atoms. The molecule has 1 N–H and O–H groups in total. The molecule has 0 radical (unpaired) electrons. The van der Waals surface area contributed by atoms with E-state index in [1.807, 2.05) is 0 Å². The summed E-state index contributed by atoms with van der Waals surface area (Å²) < 4.78 is 16.4. The van der Waals surface area contributed by atoms with Crippen molar-refractivity contribution >= 4 is 5.97 Å². The normalized spacial score (nSPS) is 40.1. The molecule has 2 fully saturated rings. The van der Waals surface area contributed by atoms with Crippen molar-refractivity contribution in [2.24, 2.45) is 0 Å². The summed E-state index contributed by atoms with van der Waals surface area (Å²) in [5.74, 6) is -0.321. The lowest BCUT2D eigenvalue weighted by atomic mass is 9.83. The Bertz CT molecular complexity index is 302. The highest BCUT2D eigenvalue weighted by Crippen LogP contribution is 2.36. The molecule has 5 nitrogen and oxygen atoms in total. The molecule has 0 bridgehead atoms. The lowest BCUT2D eigenvalue weighted by Gasteiger charge is -2.46. The second kappa shape index (κ2) is 5.55. The topological polar surface area (TPSA) is 65.0 Å². The van der Waals surface area contributed by atoms with Gasteiger partial charge < -0.3 is 19.3 Å². The zero-order valence-corrected chi connectivity index (χ0v) is 11.1. The van der Waals surface area contributed by atoms with Gasteiger partial charge in [0.2, 0.25) is 0 Å². The van der Waals surface area contributed by atoms with Gasteiger partial charge in [-0.3, -0.25) is 4.79 Å². The standard InChI is InChI=1S/C13H22O5/c1-3-16-12(14)7-11-13(2,15)8-10-9(18-11)5-4-6-17-10/h9-11,15H,3-8H2,1-2H3/t9-,10+,11+,13-/m0/s1. The highest BCUT2D eigenvalue weighted by Gasteiger charge is 2.46. The largest absolute Gasteiger partial charge is 0.466 e. The van der Waals surface area contributed by atoms with Crippen molar-refractivity contribution in [2.45, 2.75) is 63.4 Å². The Kier molecular flexibility index (Phi) is 4.25. The van der Waals surface area contributed by atoms with Crippen LogP contribution in [-0.2, 0) is 19.0 Å². The van der Waals surface area contributed by atoms with E-state index in [0.717, 1.165) is 19.4 Å². The molecule has 4 atom stereocenters. The monoisotopic (exact) mass is 258 g/mol. The summed E-state index contributed by atoms with van der Waals surface area (Å²) in [4.78, 5) is 11.5. The van der Waals surface area contributed by atoms with Crippen LogP contribution in [0.15, 0.2) is 0 Å². The molecule has 18 heavy (non-hydrogen) atoms. The van der Waals surface area contributed by atoms with Crippen molar-refractivity contribution in [3.05, 3.63) is 0 Å². The molecule has 2 rings (SSSR count). The fourth-order valence-electron chi connectivity index (χ4n) is 2.69. The van der Waals surface area contributed by atoms with Crippen LogP contribution >= 0.6 is 0 Å². The number of carbonyl (C=O) groups is 1. The van der Waals surface area contributed by atoms with E-state index in [0.29, 0.717) is 13.0 Å². The zero-order valence-electron chi connectivity index (χ0n) is 11.1. The summed E-state index contributed by atoms with van der Waals surface area (Å²) in [5.41, 5.74) is -1.04. The Morgan fingerprint density at radius 1 is 1.50 bits per heavy atom. The molecular formula is C13H22O5. The van der Waals surface area contributed by atoms with Crippen LogP contribution in [0.5, 0.6) is 0 Å². The van der Waals surface area contributed by atoms with Crippen LogP contribution < -0.4 is 0 Å². The molecule has 5 heteroatoms. The highest BCUT2D eigenvalue weighted by atomic mass is 16.6. The van der Waals surface area contributed by atoms with E-state index in [2.05, 4.69) is 0 Å². The van der Waals surface area contributed by atoms with Crippen molar-refractivity contribution in [3.63, 3.8) is 0 Å². The van der Waals surface area contributed by atoms with Gasteiger partial charge in [0, 0.05) is 13.0 Å². The molecule has 2 aliphatic rings. The average Bonchev–Trinajstić information content (AvgIpc) is 2.29. The summed E-state index contributed by atoms with van der Waals surface area (Å²) in [5, 5.41) is 10.4. The van der Waals surface area contributed by atoms with Gasteiger partial charge in [-0.2, -0.15) is 0 Å². The molecule has 0 saturated carbocycles. The number of rotatable bonds is 3. The van der Waals surface area contributed by atoms with Crippen molar-refractivity contribution in [1.82, 2.24) is 0 Å². The molecule has 0 amide bonds. The third kappa shape index (κ3) is 3.02. The summed E-state index contributed by atoms with van der Waals surface area (Å²) in [6.07, 6.45) is 1.96. The summed E-state index contributed by atoms with van der Waals surface area (Å²) in [7, 11) is 0. The Balaban J connectivity index is 1.98. The van der Waals surface area contributed by atoms with Gasteiger partial charge in [0.25, 0.3) is 0 Å². The maximum Gasteiger partial charge on any atom is 0.308 e. The van der Waals surface area contributed by atoms with Crippen LogP contribution in [0.2, 0.25) is 0 Å². The highest BCUT2D eigenvalue weighted by molar-refractivity contribution is 5.70. The Labute approximate surface area is 107 Å². The predicted molar refractivity (Wildman–Crippen MR) is 64.1 cm³/mol. The second-order valence-electron chi connectivity index (χ2n) is 5.29. The van der Waals surface area contributed by atoms with Gasteiger partial charge in [0.15, 0.2) is 0 Å². The second-order valence-corrected chi connectivity index (χ2v) is 5.29. The van der Waals surface area contributed by atoms with E-state index in [1.54, 1.807) is 13.8 Å². The fraction of sp³-hybridized carbons (Fsp3) is 0.923. The van der Waals surface area contributed by atoms with Crippen LogP contribution in [0.3, 0.4) is 0 Å². The molecule has 0 unspecified atom stereocenters. The van der Waals surface area contributed by atoms with E-state index in [-0.39, 0.29) is 24.6 Å². The van der Waals surface area contributed by atoms with Gasteiger partial charge in [-0.1, -0.05) is 0 Å². The Morgan fingerprint density at radius 2 is 2.28 bits per heavy atom. The first-order valence-electron chi connectivity index (χ1n) is 6.68. The number of fused-ring (bicyclic) bond motifs is 1. The number of hydrogen-bond acceptors (Lipinski definition) is 5. The third-order valence-electron chi connectivity index (χ3n) is 3.68. The number of hydrogen-bond donors (Lipinski definition) is 1. The molecular weight excluding hydrogens is 236 g/mol. The quantitative estimate of drug-likeness (QED) is 0.766. The van der Waals surface area contributed by atoms with Crippen molar-refractivity contribution < 1.29 is 24.1 Å². The van der Waals surface area contributed by atoms with Crippen LogP contribution in [-0.4, -0.2) is 48.2 Å². The Morgan fingerprint density at radius 3 is 3.00 bits per heavy atom. The SMILES string of the molecule is CCOC(=O)C[C@H]1O[C@H]2CCCO[C@@H]2C[C@]1(C)O. The summed E-state index contributed by atoms with van der Waals surface area (Å²) >= 11 is 0. The van der Waals surface area contributed by atoms with Gasteiger partial charge in [-0.05, 0) is 26.7 Å². The van der Waals surface area contributed by atoms with Gasteiger partial charge in [0.1, 0.15) is 0 Å². The number of esters is 1. The molecule has 0 aromatic rings. The maximum absolute atomic E-state index is 11.5. The minimum atomic E-state index is -1.04. The van der Waals surface area contributed by atoms with E-state index < -0.39 is 11.7 Å². The van der Waals surface area contributed by atoms with Crippen molar-refractivity contribution in [3.8, 4) is 0 Å². The van der Waals surface area contributed by atoms with Crippen LogP contribution in [0.1, 0.15) is 39.5 Å². The van der Waals surface area contributed by atoms with Crippen LogP contribution in [0, 0.1) is 0 Å². The first-order valence-corrected chi connectivity index (χ1v) is 6.68. The van der Waals surface area contributed by atoms with E-state index >= 15 is 0 Å². The number of aliphatic hydroxyl groups is 1. The molecule has 2 saturated heterocycles. The van der Waals surface area contributed by atoms with Gasteiger partial charge in [0.05, 0.1) is 36.9 Å². The van der Waals surface area contributed by atoms with E-state index in [1.165, 1.54) is 0 Å². The minimum absolute atomic E-state index is 0.00148. The van der Waals surface area contributed by atoms with Gasteiger partial charge >= 0.3 is 5.97 Å². The molecule has 0 aromatic heterocycles. The van der Waals surface area contributed by atoms with Crippen LogP contribution in [0.4, 0.5) is 0 Å². The number of ether oxygens (including phenoxy) is 3. The molecule has 0 aromatic carbocycles. The average molecular weight is 258 g/mol. The summed E-state index contributed by atoms with van der Waals surface area (Å²) in [6, 6.07) is 0. The van der Waals surface area contributed by atoms with Crippen molar-refractivity contribution in [2.75, 3.05) is 13.2 Å². The zero-order chi connectivity index (χ0) is 13.2. The van der Waals surface area contributed by atoms with E-state index in [4.69, 9.17) is 14.2 Å². The maximum atomic E-state index is 11.5. The predicted octanol–water partition coefficient (Wildman–Crippen LogP) is 1.03. The van der Waals surface area contributed by atoms with Gasteiger partial charge in [-0.25, -0.2) is 0 Å². The molecule has 0 aliphatic carbocycles. The number of carbonyl (C=O) groups excluding carboxylic acids is 1. The lowest BCUT2D eigenvalue weighted by molar-refractivity contribution is -0.237.